The van der Waals surface area contributed by atoms with Gasteiger partial charge in [0.25, 0.3) is 0 Å². The van der Waals surface area contributed by atoms with Crippen molar-refractivity contribution in [3.8, 4) is 0 Å². The van der Waals surface area contributed by atoms with Crippen LogP contribution >= 0.6 is 12.4 Å². The molecular weight excluding hydrogens is 218 g/mol. The van der Waals surface area contributed by atoms with Crippen LogP contribution in [-0.4, -0.2) is 13.1 Å². The Labute approximate surface area is 104 Å². The van der Waals surface area contributed by atoms with Crippen LogP contribution in [-0.2, 0) is 12.8 Å². The first-order valence-corrected chi connectivity index (χ1v) is 6.18. The van der Waals surface area contributed by atoms with Crippen LogP contribution in [0.5, 0.6) is 0 Å². The second-order valence-corrected chi connectivity index (χ2v) is 4.92. The Bertz CT molecular complexity index is 361. The van der Waals surface area contributed by atoms with E-state index < -0.39 is 0 Å². The van der Waals surface area contributed by atoms with Crippen molar-refractivity contribution in [1.29, 1.82) is 0 Å². The Hall–Kier alpha value is -0.530. The molecule has 0 bridgehead atoms. The molecule has 1 aromatic rings. The van der Waals surface area contributed by atoms with Gasteiger partial charge in [0, 0.05) is 6.04 Å². The van der Waals surface area contributed by atoms with Crippen LogP contribution in [0.4, 0.5) is 0 Å². The summed E-state index contributed by atoms with van der Waals surface area (Å²) in [6, 6.07) is 7.64. The number of rotatable bonds is 1. The molecule has 0 amide bonds. The smallest absolute Gasteiger partial charge is 0.0136 e. The SMILES string of the molecule is CNC1CCc2cccc3c2C1CCC3.Cl. The molecule has 0 fully saturated rings. The highest BCUT2D eigenvalue weighted by Gasteiger charge is 2.32. The average Bonchev–Trinajstić information content (AvgIpc) is 2.30. The summed E-state index contributed by atoms with van der Waals surface area (Å²) in [6.45, 7) is 0. The zero-order chi connectivity index (χ0) is 10.3. The third-order valence-corrected chi connectivity index (χ3v) is 4.20. The van der Waals surface area contributed by atoms with Crippen molar-refractivity contribution in [2.24, 2.45) is 0 Å². The maximum Gasteiger partial charge on any atom is 0.0136 e. The number of nitrogens with one attached hydrogen (secondary N) is 1. The molecule has 0 aromatic heterocycles. The monoisotopic (exact) mass is 237 g/mol. The predicted molar refractivity (Wildman–Crippen MR) is 70.5 cm³/mol. The van der Waals surface area contributed by atoms with E-state index in [2.05, 4.69) is 30.6 Å². The number of aryl methyl sites for hydroxylation is 2. The molecule has 3 rings (SSSR count). The highest BCUT2D eigenvalue weighted by molar-refractivity contribution is 5.85. The van der Waals surface area contributed by atoms with E-state index in [0.29, 0.717) is 0 Å². The third-order valence-electron chi connectivity index (χ3n) is 4.20. The van der Waals surface area contributed by atoms with Gasteiger partial charge in [0.1, 0.15) is 0 Å². The van der Waals surface area contributed by atoms with Gasteiger partial charge in [0.05, 0.1) is 0 Å². The summed E-state index contributed by atoms with van der Waals surface area (Å²) in [6.07, 6.45) is 6.65. The second kappa shape index (κ2) is 4.77. The fourth-order valence-electron chi connectivity index (χ4n) is 3.50. The minimum atomic E-state index is 0. The van der Waals surface area contributed by atoms with Crippen LogP contribution in [0, 0.1) is 0 Å². The van der Waals surface area contributed by atoms with Crippen molar-refractivity contribution in [3.63, 3.8) is 0 Å². The van der Waals surface area contributed by atoms with E-state index in [0.717, 1.165) is 12.0 Å². The highest BCUT2D eigenvalue weighted by Crippen LogP contribution is 2.40. The summed E-state index contributed by atoms with van der Waals surface area (Å²) in [7, 11) is 2.12. The van der Waals surface area contributed by atoms with Crippen molar-refractivity contribution in [2.75, 3.05) is 7.05 Å². The number of likely N-dealkylation sites (N-methyl/N-ethyl adjacent to an activating group) is 1. The van der Waals surface area contributed by atoms with E-state index in [4.69, 9.17) is 0 Å². The fraction of sp³-hybridized carbons (Fsp3) is 0.571. The Morgan fingerprint density at radius 3 is 2.62 bits per heavy atom. The first-order valence-electron chi connectivity index (χ1n) is 6.18. The first kappa shape index (κ1) is 11.9. The standard InChI is InChI=1S/C14H19N.ClH/c1-15-13-9-8-11-5-2-4-10-6-3-7-12(13)14(10)11;/h2,4-5,12-13,15H,3,6-9H2,1H3;1H. The summed E-state index contributed by atoms with van der Waals surface area (Å²) in [5.41, 5.74) is 4.96. The largest absolute Gasteiger partial charge is 0.316 e. The maximum absolute atomic E-state index is 3.51. The van der Waals surface area contributed by atoms with Crippen molar-refractivity contribution in [1.82, 2.24) is 5.32 Å². The number of halogens is 1. The summed E-state index contributed by atoms with van der Waals surface area (Å²) in [5, 5.41) is 3.51. The molecule has 1 aromatic carbocycles. The van der Waals surface area contributed by atoms with Gasteiger partial charge in [-0.25, -0.2) is 0 Å². The van der Waals surface area contributed by atoms with Gasteiger partial charge in [-0.1, -0.05) is 18.2 Å². The van der Waals surface area contributed by atoms with Gasteiger partial charge in [-0.2, -0.15) is 0 Å². The molecule has 0 heterocycles. The van der Waals surface area contributed by atoms with Gasteiger partial charge in [-0.3, -0.25) is 0 Å². The average molecular weight is 238 g/mol. The molecule has 2 aliphatic carbocycles. The highest BCUT2D eigenvalue weighted by atomic mass is 35.5. The van der Waals surface area contributed by atoms with Gasteiger partial charge in [0.2, 0.25) is 0 Å². The summed E-state index contributed by atoms with van der Waals surface area (Å²) >= 11 is 0. The molecule has 2 heteroatoms. The molecule has 0 saturated heterocycles. The lowest BCUT2D eigenvalue weighted by molar-refractivity contribution is 0.372. The van der Waals surface area contributed by atoms with E-state index in [1.54, 1.807) is 16.7 Å². The molecule has 0 spiro atoms. The Morgan fingerprint density at radius 1 is 1.12 bits per heavy atom. The van der Waals surface area contributed by atoms with Crippen LogP contribution < -0.4 is 5.32 Å². The number of benzene rings is 1. The Morgan fingerprint density at radius 2 is 1.88 bits per heavy atom. The Balaban J connectivity index is 0.000000963. The zero-order valence-corrected chi connectivity index (χ0v) is 10.6. The van der Waals surface area contributed by atoms with Gasteiger partial charge >= 0.3 is 0 Å². The summed E-state index contributed by atoms with van der Waals surface area (Å²) in [4.78, 5) is 0. The predicted octanol–water partition coefficient (Wildman–Crippen LogP) is 3.06. The zero-order valence-electron chi connectivity index (χ0n) is 9.83. The molecule has 0 radical (unpaired) electrons. The molecule has 0 saturated carbocycles. The van der Waals surface area contributed by atoms with Crippen molar-refractivity contribution in [3.05, 3.63) is 34.9 Å². The van der Waals surface area contributed by atoms with E-state index in [1.807, 2.05) is 0 Å². The van der Waals surface area contributed by atoms with Crippen LogP contribution in [0.15, 0.2) is 18.2 Å². The van der Waals surface area contributed by atoms with E-state index in [9.17, 15) is 0 Å². The lowest BCUT2D eigenvalue weighted by Crippen LogP contribution is -2.38. The topological polar surface area (TPSA) is 12.0 Å². The van der Waals surface area contributed by atoms with Crippen LogP contribution in [0.2, 0.25) is 0 Å². The molecule has 1 nitrogen and oxygen atoms in total. The van der Waals surface area contributed by atoms with E-state index in [1.165, 1.54) is 32.1 Å². The maximum atomic E-state index is 3.51. The van der Waals surface area contributed by atoms with Gasteiger partial charge < -0.3 is 5.32 Å². The fourth-order valence-corrected chi connectivity index (χ4v) is 3.50. The van der Waals surface area contributed by atoms with Crippen LogP contribution in [0.1, 0.15) is 41.9 Å². The summed E-state index contributed by atoms with van der Waals surface area (Å²) < 4.78 is 0. The summed E-state index contributed by atoms with van der Waals surface area (Å²) in [5.74, 6) is 0.795. The Kier molecular flexibility index (Phi) is 3.56. The van der Waals surface area contributed by atoms with E-state index in [-0.39, 0.29) is 12.4 Å². The number of hydrogen-bond donors (Lipinski definition) is 1. The molecule has 2 atom stereocenters. The quantitative estimate of drug-likeness (QED) is 0.792. The lowest BCUT2D eigenvalue weighted by Gasteiger charge is -2.38. The van der Waals surface area contributed by atoms with Crippen molar-refractivity contribution < 1.29 is 0 Å². The lowest BCUT2D eigenvalue weighted by atomic mass is 9.71. The third kappa shape index (κ3) is 1.76. The minimum Gasteiger partial charge on any atom is -0.316 e. The second-order valence-electron chi connectivity index (χ2n) is 4.92. The molecule has 1 N–H and O–H groups in total. The van der Waals surface area contributed by atoms with Crippen LogP contribution in [0.25, 0.3) is 0 Å². The molecule has 16 heavy (non-hydrogen) atoms. The van der Waals surface area contributed by atoms with Gasteiger partial charge in [-0.05, 0) is 61.8 Å². The first-order chi connectivity index (χ1) is 7.40. The van der Waals surface area contributed by atoms with Crippen molar-refractivity contribution >= 4 is 12.4 Å². The van der Waals surface area contributed by atoms with Gasteiger partial charge in [-0.15, -0.1) is 12.4 Å². The number of hydrogen-bond acceptors (Lipinski definition) is 1. The van der Waals surface area contributed by atoms with Crippen LogP contribution in [0.3, 0.4) is 0 Å². The molecule has 88 valence electrons. The van der Waals surface area contributed by atoms with Crippen molar-refractivity contribution in [2.45, 2.75) is 44.1 Å². The minimum absolute atomic E-state index is 0. The molecular formula is C14H20ClN. The normalized spacial score (nSPS) is 26.8. The molecule has 2 aliphatic rings. The molecule has 0 aliphatic heterocycles. The molecule has 2 unspecified atom stereocenters. The van der Waals surface area contributed by atoms with E-state index >= 15 is 0 Å². The van der Waals surface area contributed by atoms with Gasteiger partial charge in [0.15, 0.2) is 0 Å².